The summed E-state index contributed by atoms with van der Waals surface area (Å²) in [4.78, 5) is 23.1. The zero-order valence-electron chi connectivity index (χ0n) is 14.3. The first-order valence-electron chi connectivity index (χ1n) is 8.30. The number of likely N-dealkylation sites (tertiary alicyclic amines) is 1. The molecule has 0 radical (unpaired) electrons. The molecule has 0 bridgehead atoms. The lowest BCUT2D eigenvalue weighted by Gasteiger charge is -2.23. The molecule has 1 unspecified atom stereocenters. The van der Waals surface area contributed by atoms with Gasteiger partial charge in [-0.3, -0.25) is 10.1 Å². The van der Waals surface area contributed by atoms with E-state index in [1.54, 1.807) is 0 Å². The van der Waals surface area contributed by atoms with Crippen LogP contribution in [0.15, 0.2) is 42.5 Å². The molecule has 0 aromatic heterocycles. The Hall–Kier alpha value is -3.30. The molecule has 1 fully saturated rings. The number of benzene rings is 2. The minimum absolute atomic E-state index is 0.1000. The number of nitro groups is 1. The van der Waals surface area contributed by atoms with Crippen molar-refractivity contribution in [3.63, 3.8) is 0 Å². The molecule has 1 amide bonds. The van der Waals surface area contributed by atoms with Gasteiger partial charge in [0.25, 0.3) is 5.69 Å². The number of ether oxygens (including phenoxy) is 1. The number of carbonyl (C=O) groups is 1. The molecule has 0 spiro atoms. The van der Waals surface area contributed by atoms with Crippen LogP contribution in [-0.4, -0.2) is 27.6 Å². The lowest BCUT2D eigenvalue weighted by atomic mass is 10.0. The summed E-state index contributed by atoms with van der Waals surface area (Å²) in [5, 5.41) is 20.5. The van der Waals surface area contributed by atoms with E-state index in [0.29, 0.717) is 18.4 Å². The number of nitrogens with zero attached hydrogens (tertiary/aromatic N) is 2. The summed E-state index contributed by atoms with van der Waals surface area (Å²) >= 11 is 0. The van der Waals surface area contributed by atoms with E-state index in [9.17, 15) is 33.2 Å². The van der Waals surface area contributed by atoms with E-state index in [2.05, 4.69) is 0 Å². The molecule has 2 aromatic carbocycles. The minimum atomic E-state index is -4.48. The zero-order chi connectivity index (χ0) is 20.5. The molecule has 1 saturated heterocycles. The van der Waals surface area contributed by atoms with Crippen LogP contribution < -0.4 is 4.74 Å². The smallest absolute Gasteiger partial charge is 0.416 e. The highest BCUT2D eigenvalue weighted by molar-refractivity contribution is 5.67. The second kappa shape index (κ2) is 7.37. The average Bonchev–Trinajstić information content (AvgIpc) is 3.11. The number of rotatable bonds is 4. The molecule has 1 heterocycles. The van der Waals surface area contributed by atoms with Gasteiger partial charge in [-0.2, -0.15) is 13.2 Å². The fourth-order valence-electron chi connectivity index (χ4n) is 3.16. The highest BCUT2D eigenvalue weighted by Gasteiger charge is 2.33. The van der Waals surface area contributed by atoms with Gasteiger partial charge in [-0.25, -0.2) is 4.79 Å². The molecule has 10 heteroatoms. The Labute approximate surface area is 157 Å². The van der Waals surface area contributed by atoms with Crippen molar-refractivity contribution in [1.82, 2.24) is 4.90 Å². The molecule has 28 heavy (non-hydrogen) atoms. The normalized spacial score (nSPS) is 16.8. The molecule has 2 aromatic rings. The van der Waals surface area contributed by atoms with Crippen LogP contribution in [0.25, 0.3) is 0 Å². The fourth-order valence-corrected chi connectivity index (χ4v) is 3.16. The Morgan fingerprint density at radius 1 is 1.21 bits per heavy atom. The molecule has 1 aliphatic heterocycles. The summed E-state index contributed by atoms with van der Waals surface area (Å²) in [5.41, 5.74) is -0.766. The van der Waals surface area contributed by atoms with Crippen LogP contribution >= 0.6 is 0 Å². The zero-order valence-corrected chi connectivity index (χ0v) is 14.3. The summed E-state index contributed by atoms with van der Waals surface area (Å²) < 4.78 is 43.7. The number of amides is 1. The van der Waals surface area contributed by atoms with Gasteiger partial charge >= 0.3 is 12.3 Å². The van der Waals surface area contributed by atoms with Crippen molar-refractivity contribution in [3.05, 3.63) is 63.7 Å². The van der Waals surface area contributed by atoms with Gasteiger partial charge in [-0.05, 0) is 43.2 Å². The van der Waals surface area contributed by atoms with Gasteiger partial charge in [-0.1, -0.05) is 0 Å². The van der Waals surface area contributed by atoms with Crippen LogP contribution in [0.3, 0.4) is 0 Å². The van der Waals surface area contributed by atoms with Crippen LogP contribution in [-0.2, 0) is 6.18 Å². The number of hydrogen-bond donors (Lipinski definition) is 1. The van der Waals surface area contributed by atoms with Crippen LogP contribution in [0.4, 0.5) is 23.7 Å². The van der Waals surface area contributed by atoms with Crippen molar-refractivity contribution in [3.8, 4) is 11.5 Å². The van der Waals surface area contributed by atoms with E-state index in [1.807, 2.05) is 0 Å². The molecule has 1 atom stereocenters. The number of nitro benzene ring substituents is 1. The Kier molecular flexibility index (Phi) is 5.12. The average molecular weight is 396 g/mol. The molecule has 1 N–H and O–H groups in total. The van der Waals surface area contributed by atoms with Crippen molar-refractivity contribution in [2.75, 3.05) is 6.54 Å². The summed E-state index contributed by atoms with van der Waals surface area (Å²) in [6.45, 7) is 0.280. The largest absolute Gasteiger partial charge is 0.465 e. The maximum Gasteiger partial charge on any atom is 0.416 e. The number of non-ortho nitro benzene ring substituents is 1. The highest BCUT2D eigenvalue weighted by Crippen LogP contribution is 2.40. The maximum absolute atomic E-state index is 12.7. The second-order valence-electron chi connectivity index (χ2n) is 6.24. The van der Waals surface area contributed by atoms with Crippen LogP contribution in [0, 0.1) is 10.1 Å². The van der Waals surface area contributed by atoms with Crippen molar-refractivity contribution < 1.29 is 32.7 Å². The van der Waals surface area contributed by atoms with E-state index < -0.39 is 28.8 Å². The summed E-state index contributed by atoms with van der Waals surface area (Å²) in [5.74, 6) is 0.256. The van der Waals surface area contributed by atoms with Gasteiger partial charge in [0.05, 0.1) is 16.5 Å². The molecular formula is C18H15F3N2O5. The van der Waals surface area contributed by atoms with Crippen molar-refractivity contribution in [1.29, 1.82) is 0 Å². The number of carboxylic acid groups (broad SMARTS) is 1. The topological polar surface area (TPSA) is 92.9 Å². The third kappa shape index (κ3) is 4.00. The molecule has 1 aliphatic rings. The van der Waals surface area contributed by atoms with Gasteiger partial charge in [0.2, 0.25) is 0 Å². The Morgan fingerprint density at radius 2 is 1.89 bits per heavy atom. The number of hydrogen-bond acceptors (Lipinski definition) is 4. The van der Waals surface area contributed by atoms with E-state index in [4.69, 9.17) is 4.74 Å². The van der Waals surface area contributed by atoms with Gasteiger partial charge in [-0.15, -0.1) is 0 Å². The van der Waals surface area contributed by atoms with E-state index in [0.717, 1.165) is 24.3 Å². The van der Waals surface area contributed by atoms with E-state index in [1.165, 1.54) is 23.1 Å². The van der Waals surface area contributed by atoms with Crippen molar-refractivity contribution in [2.45, 2.75) is 25.1 Å². The molecule has 7 nitrogen and oxygen atoms in total. The summed E-state index contributed by atoms with van der Waals surface area (Å²) in [6, 6.07) is 7.12. The third-order valence-corrected chi connectivity index (χ3v) is 4.47. The summed E-state index contributed by atoms with van der Waals surface area (Å²) in [6.07, 6.45) is -4.60. The van der Waals surface area contributed by atoms with Gasteiger partial charge in [0, 0.05) is 24.2 Å². The minimum Gasteiger partial charge on any atom is -0.465 e. The van der Waals surface area contributed by atoms with Crippen LogP contribution in [0.5, 0.6) is 11.5 Å². The predicted molar refractivity (Wildman–Crippen MR) is 91.3 cm³/mol. The quantitative estimate of drug-likeness (QED) is 0.565. The number of alkyl halides is 3. The Bertz CT molecular complexity index is 899. The van der Waals surface area contributed by atoms with E-state index >= 15 is 0 Å². The van der Waals surface area contributed by atoms with Crippen molar-refractivity contribution in [2.24, 2.45) is 0 Å². The lowest BCUT2D eigenvalue weighted by Crippen LogP contribution is -2.29. The van der Waals surface area contributed by atoms with Crippen molar-refractivity contribution >= 4 is 11.8 Å². The molecule has 0 saturated carbocycles. The van der Waals surface area contributed by atoms with Crippen LogP contribution in [0.1, 0.15) is 30.0 Å². The van der Waals surface area contributed by atoms with Crippen LogP contribution in [0.2, 0.25) is 0 Å². The second-order valence-corrected chi connectivity index (χ2v) is 6.24. The predicted octanol–water partition coefficient (Wildman–Crippen LogP) is 5.22. The molecular weight excluding hydrogens is 381 g/mol. The third-order valence-electron chi connectivity index (χ3n) is 4.47. The van der Waals surface area contributed by atoms with Gasteiger partial charge in [0.1, 0.15) is 11.5 Å². The molecule has 0 aliphatic carbocycles. The van der Waals surface area contributed by atoms with Gasteiger partial charge < -0.3 is 14.7 Å². The first kappa shape index (κ1) is 19.5. The standard InChI is InChI=1S/C18H15F3N2O5/c19-18(20,21)11-3-6-13(7-4-11)28-16-8-5-12(23(26)27)10-14(16)15-2-1-9-22(15)17(24)25/h3-8,10,15H,1-2,9H2,(H,24,25). The molecule has 148 valence electrons. The first-order chi connectivity index (χ1) is 13.2. The number of halogens is 3. The van der Waals surface area contributed by atoms with Gasteiger partial charge in [0.15, 0.2) is 0 Å². The first-order valence-corrected chi connectivity index (χ1v) is 8.30. The lowest BCUT2D eigenvalue weighted by molar-refractivity contribution is -0.385. The Morgan fingerprint density at radius 3 is 2.46 bits per heavy atom. The highest BCUT2D eigenvalue weighted by atomic mass is 19.4. The SMILES string of the molecule is O=C(O)N1CCCC1c1cc([N+](=O)[O-])ccc1Oc1ccc(C(F)(F)F)cc1. The van der Waals surface area contributed by atoms with E-state index in [-0.39, 0.29) is 23.7 Å². The Balaban J connectivity index is 1.96. The molecule has 3 rings (SSSR count). The maximum atomic E-state index is 12.7. The summed E-state index contributed by atoms with van der Waals surface area (Å²) in [7, 11) is 0. The fraction of sp³-hybridized carbons (Fsp3) is 0.278. The monoisotopic (exact) mass is 396 g/mol.